The molecule has 80 valence electrons. The molecule has 15 heavy (non-hydrogen) atoms. The van der Waals surface area contributed by atoms with Crippen molar-refractivity contribution in [2.75, 3.05) is 0 Å². The molecule has 0 aliphatic heterocycles. The molecule has 2 nitrogen and oxygen atoms in total. The van der Waals surface area contributed by atoms with Crippen LogP contribution in [0.4, 0.5) is 0 Å². The molecule has 0 radical (unpaired) electrons. The van der Waals surface area contributed by atoms with Gasteiger partial charge in [0.1, 0.15) is 5.76 Å². The number of aryl methyl sites for hydroxylation is 2. The summed E-state index contributed by atoms with van der Waals surface area (Å²) in [5, 5.41) is 0. The van der Waals surface area contributed by atoms with Gasteiger partial charge in [0.2, 0.25) is 0 Å². The fraction of sp³-hybridized carbons (Fsp3) is 0.273. The zero-order valence-corrected chi connectivity index (χ0v) is 11.0. The molecule has 0 saturated carbocycles. The van der Waals surface area contributed by atoms with Crippen LogP contribution in [0.15, 0.2) is 27.3 Å². The number of hydrogen-bond acceptors (Lipinski definition) is 3. The molecule has 2 rings (SSSR count). The van der Waals surface area contributed by atoms with Gasteiger partial charge in [-0.1, -0.05) is 0 Å². The van der Waals surface area contributed by atoms with Crippen molar-refractivity contribution in [3.8, 4) is 0 Å². The molecule has 0 aromatic carbocycles. The number of rotatable bonds is 2. The van der Waals surface area contributed by atoms with E-state index in [1.54, 1.807) is 17.6 Å². The summed E-state index contributed by atoms with van der Waals surface area (Å²) < 4.78 is 6.34. The van der Waals surface area contributed by atoms with Crippen LogP contribution < -0.4 is 5.73 Å². The van der Waals surface area contributed by atoms with Gasteiger partial charge < -0.3 is 10.2 Å². The van der Waals surface area contributed by atoms with Crippen molar-refractivity contribution in [3.05, 3.63) is 43.9 Å². The third-order valence-corrected chi connectivity index (χ3v) is 4.40. The normalized spacial score (nSPS) is 13.1. The lowest BCUT2D eigenvalue weighted by atomic mass is 10.1. The fourth-order valence-corrected chi connectivity index (χ4v) is 3.49. The van der Waals surface area contributed by atoms with Crippen LogP contribution in [0.25, 0.3) is 0 Å². The average molecular weight is 286 g/mol. The van der Waals surface area contributed by atoms with Gasteiger partial charge in [-0.05, 0) is 41.9 Å². The van der Waals surface area contributed by atoms with Crippen LogP contribution in [0.1, 0.15) is 27.1 Å². The predicted molar refractivity (Wildman–Crippen MR) is 66.2 cm³/mol. The summed E-state index contributed by atoms with van der Waals surface area (Å²) in [5.74, 6) is 0.889. The molecule has 0 saturated heterocycles. The van der Waals surface area contributed by atoms with Crippen molar-refractivity contribution < 1.29 is 4.42 Å². The van der Waals surface area contributed by atoms with Crippen LogP contribution >= 0.6 is 27.3 Å². The highest BCUT2D eigenvalue weighted by atomic mass is 79.9. The van der Waals surface area contributed by atoms with Crippen molar-refractivity contribution in [2.24, 2.45) is 5.73 Å². The average Bonchev–Trinajstić information content (AvgIpc) is 2.71. The van der Waals surface area contributed by atoms with Gasteiger partial charge in [-0.25, -0.2) is 0 Å². The summed E-state index contributed by atoms with van der Waals surface area (Å²) in [6.07, 6.45) is 1.68. The Hall–Kier alpha value is -0.580. The first-order chi connectivity index (χ1) is 7.09. The summed E-state index contributed by atoms with van der Waals surface area (Å²) in [7, 11) is 0. The molecule has 1 atom stereocenters. The van der Waals surface area contributed by atoms with Gasteiger partial charge in [-0.3, -0.25) is 0 Å². The Morgan fingerprint density at radius 1 is 1.47 bits per heavy atom. The smallest absolute Gasteiger partial charge is 0.105 e. The number of nitrogens with two attached hydrogens (primary N) is 1. The van der Waals surface area contributed by atoms with E-state index in [0.29, 0.717) is 0 Å². The summed E-state index contributed by atoms with van der Waals surface area (Å²) >= 11 is 5.24. The molecule has 1 unspecified atom stereocenters. The molecule has 2 aromatic heterocycles. The van der Waals surface area contributed by atoms with Crippen molar-refractivity contribution in [1.82, 2.24) is 0 Å². The lowest BCUT2D eigenvalue weighted by Gasteiger charge is -2.09. The van der Waals surface area contributed by atoms with Crippen molar-refractivity contribution in [1.29, 1.82) is 0 Å². The summed E-state index contributed by atoms with van der Waals surface area (Å²) in [6, 6.07) is 3.92. The van der Waals surface area contributed by atoms with Crippen molar-refractivity contribution in [2.45, 2.75) is 19.9 Å². The molecule has 0 aliphatic rings. The first-order valence-corrected chi connectivity index (χ1v) is 6.26. The Balaban J connectivity index is 2.40. The first-order valence-electron chi connectivity index (χ1n) is 4.65. The molecular formula is C11H12BrNOS. The topological polar surface area (TPSA) is 39.2 Å². The Morgan fingerprint density at radius 2 is 2.20 bits per heavy atom. The molecule has 4 heteroatoms. The first kappa shape index (κ1) is 10.9. The minimum atomic E-state index is -0.100. The van der Waals surface area contributed by atoms with Crippen LogP contribution in [0.5, 0.6) is 0 Å². The van der Waals surface area contributed by atoms with Crippen LogP contribution in [0.2, 0.25) is 0 Å². The highest BCUT2D eigenvalue weighted by Gasteiger charge is 2.18. The molecule has 0 spiro atoms. The molecule has 0 fully saturated rings. The van der Waals surface area contributed by atoms with Gasteiger partial charge in [-0.2, -0.15) is 0 Å². The van der Waals surface area contributed by atoms with E-state index in [2.05, 4.69) is 28.9 Å². The number of halogens is 1. The van der Waals surface area contributed by atoms with Crippen LogP contribution in [0.3, 0.4) is 0 Å². The minimum absolute atomic E-state index is 0.100. The highest BCUT2D eigenvalue weighted by molar-refractivity contribution is 9.10. The van der Waals surface area contributed by atoms with Gasteiger partial charge in [0.25, 0.3) is 0 Å². The Bertz CT molecular complexity index is 475. The van der Waals surface area contributed by atoms with Crippen molar-refractivity contribution in [3.63, 3.8) is 0 Å². The van der Waals surface area contributed by atoms with Gasteiger partial charge in [0.05, 0.1) is 12.3 Å². The van der Waals surface area contributed by atoms with Gasteiger partial charge in [-0.15, -0.1) is 11.3 Å². The molecule has 0 bridgehead atoms. The standard InChI is InChI=1S/C11H12BrNOS/c1-6-5-9(12)11(15-6)10(13)8-3-4-14-7(8)2/h3-5,10H,13H2,1-2H3. The van der Waals surface area contributed by atoms with Crippen LogP contribution in [-0.4, -0.2) is 0 Å². The van der Waals surface area contributed by atoms with Gasteiger partial charge in [0, 0.05) is 19.8 Å². The van der Waals surface area contributed by atoms with Crippen molar-refractivity contribution >= 4 is 27.3 Å². The second-order valence-corrected chi connectivity index (χ2v) is 5.62. The highest BCUT2D eigenvalue weighted by Crippen LogP contribution is 2.35. The lowest BCUT2D eigenvalue weighted by Crippen LogP contribution is -2.10. The number of thiophene rings is 1. The quantitative estimate of drug-likeness (QED) is 0.912. The fourth-order valence-electron chi connectivity index (χ4n) is 1.57. The number of hydrogen-bond donors (Lipinski definition) is 1. The van der Waals surface area contributed by atoms with Gasteiger partial charge >= 0.3 is 0 Å². The van der Waals surface area contributed by atoms with Gasteiger partial charge in [0.15, 0.2) is 0 Å². The third-order valence-electron chi connectivity index (χ3n) is 2.35. The Morgan fingerprint density at radius 3 is 2.67 bits per heavy atom. The van der Waals surface area contributed by atoms with E-state index in [0.717, 1.165) is 20.7 Å². The predicted octanol–water partition coefficient (Wildman–Crippen LogP) is 3.77. The zero-order chi connectivity index (χ0) is 11.0. The minimum Gasteiger partial charge on any atom is -0.469 e. The van der Waals surface area contributed by atoms with Crippen LogP contribution in [0, 0.1) is 13.8 Å². The second-order valence-electron chi connectivity index (χ2n) is 3.48. The van der Waals surface area contributed by atoms with E-state index in [4.69, 9.17) is 10.2 Å². The van der Waals surface area contributed by atoms with E-state index in [-0.39, 0.29) is 6.04 Å². The Kier molecular flexibility index (Phi) is 3.00. The van der Waals surface area contributed by atoms with Crippen LogP contribution in [-0.2, 0) is 0 Å². The van der Waals surface area contributed by atoms with E-state index < -0.39 is 0 Å². The Labute approximate surface area is 101 Å². The SMILES string of the molecule is Cc1cc(Br)c(C(N)c2ccoc2C)s1. The molecule has 0 aliphatic carbocycles. The second kappa shape index (κ2) is 4.12. The zero-order valence-electron chi connectivity index (χ0n) is 8.58. The van der Waals surface area contributed by atoms with E-state index >= 15 is 0 Å². The molecular weight excluding hydrogens is 274 g/mol. The number of furan rings is 1. The third kappa shape index (κ3) is 2.02. The van der Waals surface area contributed by atoms with E-state index in [1.807, 2.05) is 13.0 Å². The molecule has 2 aromatic rings. The summed E-state index contributed by atoms with van der Waals surface area (Å²) in [4.78, 5) is 2.41. The van der Waals surface area contributed by atoms with E-state index in [1.165, 1.54) is 4.88 Å². The van der Waals surface area contributed by atoms with E-state index in [9.17, 15) is 0 Å². The summed E-state index contributed by atoms with van der Waals surface area (Å²) in [6.45, 7) is 4.01. The lowest BCUT2D eigenvalue weighted by molar-refractivity contribution is 0.528. The maximum atomic E-state index is 6.20. The molecule has 2 N–H and O–H groups in total. The largest absolute Gasteiger partial charge is 0.469 e. The summed E-state index contributed by atoms with van der Waals surface area (Å²) in [5.41, 5.74) is 7.25. The maximum absolute atomic E-state index is 6.20. The molecule has 0 amide bonds. The molecule has 2 heterocycles. The maximum Gasteiger partial charge on any atom is 0.105 e. The monoisotopic (exact) mass is 285 g/mol.